The van der Waals surface area contributed by atoms with Crippen LogP contribution < -0.4 is 0 Å². The lowest BCUT2D eigenvalue weighted by atomic mass is 9.66. The fourth-order valence-corrected chi connectivity index (χ4v) is 8.11. The van der Waals surface area contributed by atoms with E-state index >= 15 is 0 Å². The monoisotopic (exact) mass is 416 g/mol. The molecular formula is C26H40O4. The van der Waals surface area contributed by atoms with E-state index in [-0.39, 0.29) is 35.0 Å². The van der Waals surface area contributed by atoms with Crippen LogP contribution in [0.1, 0.15) is 91.9 Å². The van der Waals surface area contributed by atoms with Gasteiger partial charge in [0, 0.05) is 0 Å². The molecule has 30 heavy (non-hydrogen) atoms. The molecule has 4 bridgehead atoms. The minimum atomic E-state index is -0.389. The first-order chi connectivity index (χ1) is 14.2. The van der Waals surface area contributed by atoms with E-state index in [9.17, 15) is 9.59 Å². The van der Waals surface area contributed by atoms with Crippen molar-refractivity contribution in [2.75, 3.05) is 0 Å². The second-order valence-corrected chi connectivity index (χ2v) is 12.2. The molecule has 0 amide bonds. The van der Waals surface area contributed by atoms with E-state index in [0.29, 0.717) is 35.5 Å². The molecule has 0 aromatic carbocycles. The first-order valence-corrected chi connectivity index (χ1v) is 12.7. The Kier molecular flexibility index (Phi) is 5.02. The van der Waals surface area contributed by atoms with Gasteiger partial charge in [0.2, 0.25) is 0 Å². The standard InChI is InChI=1S/C26H40O4/c1-5-25(2,3)24(28)29-20-14-16-13-19(20)22-15-11-17(21(16)22)18(12-15)23(27)30-26(4)9-7-6-8-10-26/h15-22H,5-14H2,1-4H3. The third-order valence-corrected chi connectivity index (χ3v) is 10.0. The highest BCUT2D eigenvalue weighted by Gasteiger charge is 2.66. The van der Waals surface area contributed by atoms with Crippen molar-refractivity contribution in [2.45, 2.75) is 104 Å². The van der Waals surface area contributed by atoms with Crippen LogP contribution in [-0.2, 0) is 19.1 Å². The maximum Gasteiger partial charge on any atom is 0.311 e. The minimum Gasteiger partial charge on any atom is -0.462 e. The number of carbonyl (C=O) groups excluding carboxylic acids is 2. The summed E-state index contributed by atoms with van der Waals surface area (Å²) >= 11 is 0. The zero-order valence-electron chi connectivity index (χ0n) is 19.3. The topological polar surface area (TPSA) is 52.6 Å². The lowest BCUT2D eigenvalue weighted by molar-refractivity contribution is -0.171. The summed E-state index contributed by atoms with van der Waals surface area (Å²) in [5.74, 6) is 3.84. The van der Waals surface area contributed by atoms with Crippen molar-refractivity contribution >= 4 is 11.9 Å². The van der Waals surface area contributed by atoms with Crippen LogP contribution in [0, 0.1) is 46.8 Å². The maximum absolute atomic E-state index is 13.2. The molecule has 5 fully saturated rings. The Balaban J connectivity index is 1.23. The maximum atomic E-state index is 13.2. The van der Waals surface area contributed by atoms with Crippen molar-refractivity contribution in [3.05, 3.63) is 0 Å². The molecule has 0 radical (unpaired) electrons. The highest BCUT2D eigenvalue weighted by atomic mass is 16.6. The van der Waals surface area contributed by atoms with E-state index in [1.54, 1.807) is 0 Å². The van der Waals surface area contributed by atoms with E-state index in [4.69, 9.17) is 9.47 Å². The van der Waals surface area contributed by atoms with Crippen LogP contribution in [0.25, 0.3) is 0 Å². The third-order valence-electron chi connectivity index (χ3n) is 10.0. The van der Waals surface area contributed by atoms with Crippen molar-refractivity contribution in [3.8, 4) is 0 Å². The fraction of sp³-hybridized carbons (Fsp3) is 0.923. The molecule has 5 saturated carbocycles. The third kappa shape index (κ3) is 3.23. The van der Waals surface area contributed by atoms with E-state index in [1.807, 2.05) is 13.8 Å². The zero-order chi connectivity index (χ0) is 21.3. The molecule has 0 aromatic heterocycles. The molecule has 0 aliphatic heterocycles. The number of ether oxygens (including phenoxy) is 2. The van der Waals surface area contributed by atoms with E-state index in [1.165, 1.54) is 32.1 Å². The predicted molar refractivity (Wildman–Crippen MR) is 114 cm³/mol. The van der Waals surface area contributed by atoms with Gasteiger partial charge in [-0.05, 0) is 114 Å². The second kappa shape index (κ2) is 7.24. The van der Waals surface area contributed by atoms with Crippen molar-refractivity contribution in [1.82, 2.24) is 0 Å². The summed E-state index contributed by atoms with van der Waals surface area (Å²) in [6, 6.07) is 0. The smallest absolute Gasteiger partial charge is 0.311 e. The largest absolute Gasteiger partial charge is 0.462 e. The summed E-state index contributed by atoms with van der Waals surface area (Å²) in [6.45, 7) is 8.19. The lowest BCUT2D eigenvalue weighted by Gasteiger charge is -2.42. The van der Waals surface area contributed by atoms with Crippen molar-refractivity contribution in [2.24, 2.45) is 46.8 Å². The highest BCUT2D eigenvalue weighted by molar-refractivity contribution is 5.76. The minimum absolute atomic E-state index is 0.0237. The Hall–Kier alpha value is -1.06. The first-order valence-electron chi connectivity index (χ1n) is 12.7. The second-order valence-electron chi connectivity index (χ2n) is 12.2. The molecule has 0 aromatic rings. The first kappa shape index (κ1) is 20.8. The molecule has 4 nitrogen and oxygen atoms in total. The average Bonchev–Trinajstić information content (AvgIpc) is 3.46. The van der Waals surface area contributed by atoms with Gasteiger partial charge in [0.05, 0.1) is 11.3 Å². The molecule has 0 heterocycles. The number of esters is 2. The van der Waals surface area contributed by atoms with Crippen molar-refractivity contribution in [1.29, 1.82) is 0 Å². The molecule has 8 atom stereocenters. The Bertz CT molecular complexity index is 706. The van der Waals surface area contributed by atoms with Crippen LogP contribution in [0.3, 0.4) is 0 Å². The summed E-state index contributed by atoms with van der Waals surface area (Å²) in [4.78, 5) is 25.8. The van der Waals surface area contributed by atoms with E-state index in [2.05, 4.69) is 13.8 Å². The van der Waals surface area contributed by atoms with Gasteiger partial charge < -0.3 is 9.47 Å². The lowest BCUT2D eigenvalue weighted by Crippen LogP contribution is -2.44. The number of hydrogen-bond acceptors (Lipinski definition) is 4. The van der Waals surface area contributed by atoms with Crippen molar-refractivity contribution in [3.63, 3.8) is 0 Å². The number of hydrogen-bond donors (Lipinski definition) is 0. The average molecular weight is 417 g/mol. The van der Waals surface area contributed by atoms with Gasteiger partial charge >= 0.3 is 11.9 Å². The van der Waals surface area contributed by atoms with Crippen LogP contribution in [-0.4, -0.2) is 23.6 Å². The molecule has 5 aliphatic rings. The van der Waals surface area contributed by atoms with Crippen molar-refractivity contribution < 1.29 is 19.1 Å². The van der Waals surface area contributed by atoms with Gasteiger partial charge in [-0.25, -0.2) is 0 Å². The summed E-state index contributed by atoms with van der Waals surface area (Å²) in [7, 11) is 0. The van der Waals surface area contributed by atoms with Crippen LogP contribution in [0.15, 0.2) is 0 Å². The fourth-order valence-electron chi connectivity index (χ4n) is 8.11. The Morgan fingerprint density at radius 2 is 1.57 bits per heavy atom. The summed E-state index contributed by atoms with van der Waals surface area (Å²) in [5.41, 5.74) is -0.614. The quantitative estimate of drug-likeness (QED) is 0.437. The number of fused-ring (bicyclic) bond motifs is 9. The predicted octanol–water partition coefficient (Wildman–Crippen LogP) is 5.53. The number of carbonyl (C=O) groups is 2. The van der Waals surface area contributed by atoms with E-state index in [0.717, 1.165) is 32.1 Å². The van der Waals surface area contributed by atoms with Gasteiger partial charge in [0.25, 0.3) is 0 Å². The molecule has 4 heteroatoms. The van der Waals surface area contributed by atoms with Crippen LogP contribution in [0.5, 0.6) is 0 Å². The highest BCUT2D eigenvalue weighted by Crippen LogP contribution is 2.69. The van der Waals surface area contributed by atoms with E-state index < -0.39 is 0 Å². The molecule has 5 aliphatic carbocycles. The van der Waals surface area contributed by atoms with Gasteiger partial charge in [-0.15, -0.1) is 0 Å². The molecule has 0 spiro atoms. The summed E-state index contributed by atoms with van der Waals surface area (Å²) < 4.78 is 12.2. The normalized spacial score (nSPS) is 43.5. The van der Waals surface area contributed by atoms with Gasteiger partial charge in [0.1, 0.15) is 11.7 Å². The molecule has 168 valence electrons. The molecular weight excluding hydrogens is 376 g/mol. The van der Waals surface area contributed by atoms with Gasteiger partial charge in [-0.3, -0.25) is 9.59 Å². The molecule has 0 saturated heterocycles. The SMILES string of the molecule is CCC(C)(C)C(=O)OC1CC2CC1C1C3CC(C(=O)OC4(C)CCCCC4)C(C3)C21. The van der Waals surface area contributed by atoms with Gasteiger partial charge in [-0.2, -0.15) is 0 Å². The van der Waals surface area contributed by atoms with Gasteiger partial charge in [0.15, 0.2) is 0 Å². The molecule has 0 N–H and O–H groups in total. The van der Waals surface area contributed by atoms with Crippen LogP contribution in [0.4, 0.5) is 0 Å². The van der Waals surface area contributed by atoms with Gasteiger partial charge in [-0.1, -0.05) is 13.3 Å². The Morgan fingerprint density at radius 3 is 2.27 bits per heavy atom. The summed E-state index contributed by atoms with van der Waals surface area (Å²) in [6.07, 6.45) is 11.0. The number of rotatable bonds is 5. The van der Waals surface area contributed by atoms with Crippen LogP contribution in [0.2, 0.25) is 0 Å². The Morgan fingerprint density at radius 1 is 0.933 bits per heavy atom. The summed E-state index contributed by atoms with van der Waals surface area (Å²) in [5, 5.41) is 0. The molecule has 5 rings (SSSR count). The molecule has 8 unspecified atom stereocenters. The van der Waals surface area contributed by atoms with Crippen LogP contribution >= 0.6 is 0 Å². The zero-order valence-corrected chi connectivity index (χ0v) is 19.3. The Labute approximate surface area is 181 Å².